The first kappa shape index (κ1) is 21.1. The van der Waals surface area contributed by atoms with Crippen LogP contribution in [0.1, 0.15) is 57.1 Å². The number of nitrogens with two attached hydrogens (primary N) is 1. The monoisotopic (exact) mass is 368 g/mol. The summed E-state index contributed by atoms with van der Waals surface area (Å²) >= 11 is 0. The van der Waals surface area contributed by atoms with Gasteiger partial charge in [0.15, 0.2) is 5.75 Å². The molecule has 2 N–H and O–H groups in total. The van der Waals surface area contributed by atoms with Crippen LogP contribution < -0.4 is 10.5 Å². The van der Waals surface area contributed by atoms with E-state index in [9.17, 15) is 4.79 Å². The number of carbonyl (C=O) groups excluding carboxylic acids is 1. The summed E-state index contributed by atoms with van der Waals surface area (Å²) in [5.74, 6) is 1.08. The van der Waals surface area contributed by atoms with Gasteiger partial charge in [-0.1, -0.05) is 57.5 Å². The topological polar surface area (TPSA) is 65.2 Å². The fourth-order valence-electron chi connectivity index (χ4n) is 3.29. The SMILES string of the molecule is CC(=O)Oc1c(CC(C)C)nc(CC(C)C)c(CN)c1-c1ccc(C)cc1. The predicted octanol–water partition coefficient (Wildman–Crippen LogP) is 4.84. The summed E-state index contributed by atoms with van der Waals surface area (Å²) in [4.78, 5) is 16.8. The van der Waals surface area contributed by atoms with Gasteiger partial charge < -0.3 is 10.5 Å². The molecule has 0 aliphatic rings. The van der Waals surface area contributed by atoms with Gasteiger partial charge in [-0.15, -0.1) is 0 Å². The summed E-state index contributed by atoms with van der Waals surface area (Å²) < 4.78 is 5.71. The minimum atomic E-state index is -0.338. The first-order valence-corrected chi connectivity index (χ1v) is 9.73. The number of esters is 1. The van der Waals surface area contributed by atoms with Gasteiger partial charge in [0.1, 0.15) is 0 Å². The third-order valence-corrected chi connectivity index (χ3v) is 4.40. The van der Waals surface area contributed by atoms with Crippen molar-refractivity contribution in [2.45, 2.75) is 60.9 Å². The summed E-state index contributed by atoms with van der Waals surface area (Å²) in [6.07, 6.45) is 1.59. The van der Waals surface area contributed by atoms with Crippen molar-refractivity contribution in [2.24, 2.45) is 17.6 Å². The Balaban J connectivity index is 2.83. The second-order valence-corrected chi connectivity index (χ2v) is 8.05. The van der Waals surface area contributed by atoms with Gasteiger partial charge in [-0.25, -0.2) is 0 Å². The quantitative estimate of drug-likeness (QED) is 0.710. The third kappa shape index (κ3) is 5.39. The zero-order valence-corrected chi connectivity index (χ0v) is 17.4. The van der Waals surface area contributed by atoms with Gasteiger partial charge >= 0.3 is 5.97 Å². The zero-order valence-electron chi connectivity index (χ0n) is 17.4. The van der Waals surface area contributed by atoms with Crippen molar-refractivity contribution in [1.82, 2.24) is 4.98 Å². The second-order valence-electron chi connectivity index (χ2n) is 8.05. The lowest BCUT2D eigenvalue weighted by Gasteiger charge is -2.22. The number of hydrogen-bond donors (Lipinski definition) is 1. The molecule has 0 spiro atoms. The van der Waals surface area contributed by atoms with Crippen LogP contribution in [0.15, 0.2) is 24.3 Å². The van der Waals surface area contributed by atoms with Crippen molar-refractivity contribution in [1.29, 1.82) is 0 Å². The number of nitrogens with zero attached hydrogens (tertiary/aromatic N) is 1. The van der Waals surface area contributed by atoms with Crippen LogP contribution in [-0.2, 0) is 24.2 Å². The first-order chi connectivity index (χ1) is 12.7. The number of aryl methyl sites for hydroxylation is 1. The van der Waals surface area contributed by atoms with Crippen LogP contribution in [0.25, 0.3) is 11.1 Å². The molecule has 1 aromatic carbocycles. The van der Waals surface area contributed by atoms with Crippen LogP contribution in [-0.4, -0.2) is 11.0 Å². The third-order valence-electron chi connectivity index (χ3n) is 4.40. The molecular weight excluding hydrogens is 336 g/mol. The normalized spacial score (nSPS) is 11.3. The van der Waals surface area contributed by atoms with Crippen molar-refractivity contribution in [3.63, 3.8) is 0 Å². The van der Waals surface area contributed by atoms with Gasteiger partial charge in [0.05, 0.1) is 5.69 Å². The minimum absolute atomic E-state index is 0.338. The number of pyridine rings is 1. The Hall–Kier alpha value is -2.20. The molecule has 0 saturated carbocycles. The van der Waals surface area contributed by atoms with Crippen LogP contribution in [0.5, 0.6) is 5.75 Å². The molecule has 0 radical (unpaired) electrons. The molecule has 0 amide bonds. The van der Waals surface area contributed by atoms with E-state index in [1.165, 1.54) is 12.5 Å². The average molecular weight is 369 g/mol. The van der Waals surface area contributed by atoms with E-state index in [0.717, 1.165) is 40.9 Å². The van der Waals surface area contributed by atoms with E-state index in [2.05, 4.69) is 58.9 Å². The largest absolute Gasteiger partial charge is 0.424 e. The summed E-state index contributed by atoms with van der Waals surface area (Å²) in [5.41, 5.74) is 12.1. The highest BCUT2D eigenvalue weighted by atomic mass is 16.5. The Bertz CT molecular complexity index is 793. The van der Waals surface area contributed by atoms with Gasteiger partial charge in [0.25, 0.3) is 0 Å². The molecule has 2 rings (SSSR count). The van der Waals surface area contributed by atoms with Crippen molar-refractivity contribution in [3.05, 3.63) is 46.8 Å². The van der Waals surface area contributed by atoms with Crippen LogP contribution in [0.3, 0.4) is 0 Å². The lowest BCUT2D eigenvalue weighted by Crippen LogP contribution is -2.16. The summed E-state index contributed by atoms with van der Waals surface area (Å²) in [6, 6.07) is 8.26. The molecule has 0 atom stereocenters. The first-order valence-electron chi connectivity index (χ1n) is 9.73. The number of ether oxygens (including phenoxy) is 1. The van der Waals surface area contributed by atoms with Gasteiger partial charge in [-0.3, -0.25) is 9.78 Å². The van der Waals surface area contributed by atoms with Crippen LogP contribution in [0.2, 0.25) is 0 Å². The highest BCUT2D eigenvalue weighted by Crippen LogP contribution is 2.39. The second kappa shape index (κ2) is 9.14. The molecule has 0 saturated heterocycles. The van der Waals surface area contributed by atoms with Gasteiger partial charge in [-0.2, -0.15) is 0 Å². The molecule has 4 nitrogen and oxygen atoms in total. The summed E-state index contributed by atoms with van der Waals surface area (Å²) in [5, 5.41) is 0. The Morgan fingerprint density at radius 2 is 1.59 bits per heavy atom. The fraction of sp³-hybridized carbons (Fsp3) is 0.478. The molecule has 0 aliphatic carbocycles. The van der Waals surface area contributed by atoms with Gasteiger partial charge in [0, 0.05) is 24.7 Å². The summed E-state index contributed by atoms with van der Waals surface area (Å²) in [7, 11) is 0. The van der Waals surface area contributed by atoms with E-state index in [0.29, 0.717) is 24.1 Å². The maximum absolute atomic E-state index is 11.9. The Labute approximate surface area is 163 Å². The number of benzene rings is 1. The predicted molar refractivity (Wildman–Crippen MR) is 111 cm³/mol. The molecule has 1 aromatic heterocycles. The molecule has 27 heavy (non-hydrogen) atoms. The van der Waals surface area contributed by atoms with Crippen molar-refractivity contribution < 1.29 is 9.53 Å². The number of carbonyl (C=O) groups is 1. The van der Waals surface area contributed by atoms with Crippen LogP contribution >= 0.6 is 0 Å². The lowest BCUT2D eigenvalue weighted by atomic mass is 9.91. The molecule has 2 aromatic rings. The van der Waals surface area contributed by atoms with Gasteiger partial charge in [0.2, 0.25) is 0 Å². The van der Waals surface area contributed by atoms with E-state index >= 15 is 0 Å². The fourth-order valence-corrected chi connectivity index (χ4v) is 3.29. The average Bonchev–Trinajstić information content (AvgIpc) is 2.56. The maximum atomic E-state index is 11.9. The smallest absolute Gasteiger partial charge is 0.308 e. The summed E-state index contributed by atoms with van der Waals surface area (Å²) in [6.45, 7) is 12.5. The lowest BCUT2D eigenvalue weighted by molar-refractivity contribution is -0.131. The zero-order chi connectivity index (χ0) is 20.1. The molecule has 0 aliphatic heterocycles. The maximum Gasteiger partial charge on any atom is 0.308 e. The number of rotatable bonds is 7. The van der Waals surface area contributed by atoms with E-state index < -0.39 is 0 Å². The Kier molecular flexibility index (Phi) is 7.14. The van der Waals surface area contributed by atoms with E-state index in [1.807, 2.05) is 0 Å². The molecule has 0 unspecified atom stereocenters. The van der Waals surface area contributed by atoms with E-state index in [1.54, 1.807) is 0 Å². The van der Waals surface area contributed by atoms with Crippen LogP contribution in [0, 0.1) is 18.8 Å². The van der Waals surface area contributed by atoms with Gasteiger partial charge in [-0.05, 0) is 42.7 Å². The molecule has 0 bridgehead atoms. The van der Waals surface area contributed by atoms with E-state index in [4.69, 9.17) is 15.5 Å². The molecule has 146 valence electrons. The minimum Gasteiger partial charge on any atom is -0.424 e. The van der Waals surface area contributed by atoms with Crippen molar-refractivity contribution in [2.75, 3.05) is 0 Å². The van der Waals surface area contributed by atoms with Crippen LogP contribution in [0.4, 0.5) is 0 Å². The number of aromatic nitrogens is 1. The molecule has 1 heterocycles. The highest BCUT2D eigenvalue weighted by molar-refractivity contribution is 5.80. The van der Waals surface area contributed by atoms with Crippen molar-refractivity contribution in [3.8, 4) is 16.9 Å². The molecular formula is C23H32N2O2. The number of hydrogen-bond acceptors (Lipinski definition) is 4. The van der Waals surface area contributed by atoms with E-state index in [-0.39, 0.29) is 5.97 Å². The molecule has 4 heteroatoms. The Morgan fingerprint density at radius 3 is 2.07 bits per heavy atom. The molecule has 0 fully saturated rings. The van der Waals surface area contributed by atoms with Crippen molar-refractivity contribution >= 4 is 5.97 Å². The highest BCUT2D eigenvalue weighted by Gasteiger charge is 2.23. The Morgan fingerprint density at radius 1 is 1.04 bits per heavy atom. The standard InChI is InChI=1S/C23H32N2O2/c1-14(2)11-20-19(13-24)22(18-9-7-16(5)8-10-18)23(27-17(6)26)21(25-20)12-15(3)4/h7-10,14-15H,11-13,24H2,1-6H3.